The van der Waals surface area contributed by atoms with Crippen molar-refractivity contribution in [1.29, 1.82) is 0 Å². The second kappa shape index (κ2) is 8.51. The second-order valence-electron chi connectivity index (χ2n) is 8.60. The Bertz CT molecular complexity index is 1330. The van der Waals surface area contributed by atoms with Crippen LogP contribution in [0.5, 0.6) is 5.75 Å². The predicted octanol–water partition coefficient (Wildman–Crippen LogP) is 4.32. The van der Waals surface area contributed by atoms with E-state index in [1.807, 2.05) is 13.0 Å². The number of aryl methyl sites for hydroxylation is 1. The molecule has 0 radical (unpaired) electrons. The Morgan fingerprint density at radius 1 is 1.21 bits per heavy atom. The molecule has 5 rings (SSSR count). The molecule has 1 aromatic heterocycles. The molecule has 2 saturated heterocycles. The van der Waals surface area contributed by atoms with E-state index in [4.69, 9.17) is 14.2 Å². The fraction of sp³-hybridized carbons (Fsp3) is 0.391. The van der Waals surface area contributed by atoms with Crippen LogP contribution in [-0.4, -0.2) is 52.3 Å². The lowest BCUT2D eigenvalue weighted by Gasteiger charge is -2.20. The van der Waals surface area contributed by atoms with Gasteiger partial charge in [-0.1, -0.05) is 0 Å². The number of rotatable bonds is 5. The molecule has 8 nitrogen and oxygen atoms in total. The Morgan fingerprint density at radius 2 is 2.06 bits per heavy atom. The summed E-state index contributed by atoms with van der Waals surface area (Å²) in [6.45, 7) is 2.95. The van der Waals surface area contributed by atoms with Crippen LogP contribution in [0.4, 0.5) is 21.6 Å². The minimum absolute atomic E-state index is 0.123. The molecule has 2 aliphatic rings. The van der Waals surface area contributed by atoms with Crippen LogP contribution >= 0.6 is 0 Å². The predicted molar refractivity (Wildman–Crippen MR) is 124 cm³/mol. The molecule has 2 fully saturated rings. The topological polar surface area (TPSA) is 94.9 Å². The molecule has 0 bridgehead atoms. The Kier molecular flexibility index (Phi) is 5.67. The van der Waals surface area contributed by atoms with Gasteiger partial charge in [0, 0.05) is 33.7 Å². The minimum atomic E-state index is -2.30. The highest BCUT2D eigenvalue weighted by Gasteiger charge is 2.43. The number of aromatic nitrogens is 2. The number of hydrogen-bond donors (Lipinski definition) is 1. The average molecular weight is 473 g/mol. The van der Waals surface area contributed by atoms with Crippen LogP contribution in [0.3, 0.4) is 0 Å². The van der Waals surface area contributed by atoms with Crippen LogP contribution < -0.4 is 10.1 Å². The van der Waals surface area contributed by atoms with Crippen molar-refractivity contribution in [3.05, 3.63) is 48.0 Å². The summed E-state index contributed by atoms with van der Waals surface area (Å²) in [6, 6.07) is 7.98. The summed E-state index contributed by atoms with van der Waals surface area (Å²) in [5.74, 6) is 0.659. The highest BCUT2D eigenvalue weighted by atomic mass is 32.2. The first kappa shape index (κ1) is 22.0. The van der Waals surface area contributed by atoms with Gasteiger partial charge >= 0.3 is 0 Å². The van der Waals surface area contributed by atoms with E-state index in [0.717, 1.165) is 17.4 Å². The maximum atomic E-state index is 14.1. The largest absolute Gasteiger partial charge is 0.485 e. The molecule has 0 aliphatic carbocycles. The average Bonchev–Trinajstić information content (AvgIpc) is 3.34. The Morgan fingerprint density at radius 3 is 2.88 bits per heavy atom. The van der Waals surface area contributed by atoms with Crippen molar-refractivity contribution in [3.8, 4) is 5.75 Å². The molecule has 2 aromatic carbocycles. The molecule has 3 atom stereocenters. The first-order valence-corrected chi connectivity index (χ1v) is 13.0. The molecule has 2 aliphatic heterocycles. The van der Waals surface area contributed by atoms with Gasteiger partial charge in [-0.05, 0) is 43.2 Å². The Labute approximate surface area is 191 Å². The van der Waals surface area contributed by atoms with Crippen LogP contribution in [0.15, 0.2) is 41.0 Å². The van der Waals surface area contributed by atoms with Gasteiger partial charge in [0.15, 0.2) is 6.29 Å². The summed E-state index contributed by atoms with van der Waals surface area (Å²) in [4.78, 5) is 8.78. The monoisotopic (exact) mass is 472 g/mol. The number of fused-ring (bicyclic) bond motifs is 2. The van der Waals surface area contributed by atoms with Crippen molar-refractivity contribution in [2.75, 3.05) is 31.0 Å². The van der Waals surface area contributed by atoms with E-state index in [1.165, 1.54) is 18.5 Å². The summed E-state index contributed by atoms with van der Waals surface area (Å²) in [7, 11) is -2.30. The van der Waals surface area contributed by atoms with E-state index in [0.29, 0.717) is 41.7 Å². The molecule has 3 aromatic rings. The molecule has 0 unspecified atom stereocenters. The molecule has 0 spiro atoms. The van der Waals surface area contributed by atoms with Crippen LogP contribution in [0.2, 0.25) is 0 Å². The number of nitrogens with zero attached hydrogens (tertiary/aromatic N) is 3. The normalized spacial score (nSPS) is 22.4. The molecule has 0 saturated carbocycles. The highest BCUT2D eigenvalue weighted by Crippen LogP contribution is 2.38. The fourth-order valence-corrected chi connectivity index (χ4v) is 4.92. The highest BCUT2D eigenvalue weighted by molar-refractivity contribution is 7.92. The third-order valence-corrected chi connectivity index (χ3v) is 6.36. The molecular weight excluding hydrogens is 447 g/mol. The van der Waals surface area contributed by atoms with Crippen LogP contribution in [0.25, 0.3) is 10.9 Å². The lowest BCUT2D eigenvalue weighted by molar-refractivity contribution is -0.0906. The summed E-state index contributed by atoms with van der Waals surface area (Å²) in [6.07, 6.45) is 4.99. The van der Waals surface area contributed by atoms with Crippen LogP contribution in [-0.2, 0) is 19.2 Å². The SMILES string of the molecule is Cc1cc(N=S(C)(C)=O)cc2ncnc(Nc3ccc(F)cc3O[C@@H]3CO[C@@H]4OCC[C@@H]43)c12. The Balaban J connectivity index is 1.49. The van der Waals surface area contributed by atoms with E-state index in [-0.39, 0.29) is 18.3 Å². The number of anilines is 2. The number of hydrogen-bond acceptors (Lipinski definition) is 8. The smallest absolute Gasteiger partial charge is 0.164 e. The van der Waals surface area contributed by atoms with Gasteiger partial charge in [0.1, 0.15) is 29.8 Å². The molecule has 0 amide bonds. The van der Waals surface area contributed by atoms with E-state index in [1.54, 1.807) is 24.6 Å². The Hall–Kier alpha value is -2.82. The van der Waals surface area contributed by atoms with E-state index in [2.05, 4.69) is 19.6 Å². The molecule has 1 N–H and O–H groups in total. The number of benzene rings is 2. The van der Waals surface area contributed by atoms with Gasteiger partial charge in [0.25, 0.3) is 0 Å². The van der Waals surface area contributed by atoms with Crippen molar-refractivity contribution in [3.63, 3.8) is 0 Å². The molecule has 33 heavy (non-hydrogen) atoms. The standard InChI is InChI=1S/C23H25FN4O4S/c1-13-8-15(28-33(2,3)29)10-18-21(13)22(26-12-25-18)27-17-5-4-14(24)9-19(17)32-20-11-31-23-16(20)6-7-30-23/h4-5,8-10,12,16,20,23H,6-7,11H2,1-3H3,(H,25,26,27)/t16-,20-,23+/m1/s1. The number of nitrogens with one attached hydrogen (secondary N) is 1. The first-order chi connectivity index (χ1) is 15.8. The molecule has 174 valence electrons. The summed E-state index contributed by atoms with van der Waals surface area (Å²) >= 11 is 0. The van der Waals surface area contributed by atoms with Gasteiger partial charge < -0.3 is 19.5 Å². The van der Waals surface area contributed by atoms with Gasteiger partial charge in [-0.2, -0.15) is 4.36 Å². The van der Waals surface area contributed by atoms with Crippen molar-refractivity contribution in [2.45, 2.75) is 25.7 Å². The minimum Gasteiger partial charge on any atom is -0.485 e. The number of ether oxygens (including phenoxy) is 3. The zero-order valence-corrected chi connectivity index (χ0v) is 19.4. The second-order valence-corrected chi connectivity index (χ2v) is 11.1. The third-order valence-electron chi connectivity index (χ3n) is 5.71. The third kappa shape index (κ3) is 4.64. The maximum Gasteiger partial charge on any atom is 0.164 e. The quantitative estimate of drug-likeness (QED) is 0.591. The van der Waals surface area contributed by atoms with Crippen LogP contribution in [0.1, 0.15) is 12.0 Å². The summed E-state index contributed by atoms with van der Waals surface area (Å²) in [5, 5.41) is 4.07. The van der Waals surface area contributed by atoms with Gasteiger partial charge in [-0.15, -0.1) is 0 Å². The summed E-state index contributed by atoms with van der Waals surface area (Å²) in [5.41, 5.74) is 2.71. The maximum absolute atomic E-state index is 14.1. The van der Waals surface area contributed by atoms with Gasteiger partial charge in [0.2, 0.25) is 0 Å². The fourth-order valence-electron chi connectivity index (χ4n) is 4.31. The first-order valence-electron chi connectivity index (χ1n) is 10.7. The zero-order valence-electron chi connectivity index (χ0n) is 18.6. The molecular formula is C23H25FN4O4S. The van der Waals surface area contributed by atoms with Crippen LogP contribution in [0, 0.1) is 18.7 Å². The van der Waals surface area contributed by atoms with Gasteiger partial charge in [-0.25, -0.2) is 18.6 Å². The zero-order chi connectivity index (χ0) is 23.2. The number of halogens is 1. The van der Waals surface area contributed by atoms with Crippen molar-refractivity contribution in [2.24, 2.45) is 10.3 Å². The van der Waals surface area contributed by atoms with Gasteiger partial charge in [0.05, 0.1) is 36.0 Å². The van der Waals surface area contributed by atoms with E-state index < -0.39 is 15.5 Å². The lowest BCUT2D eigenvalue weighted by atomic mass is 10.0. The van der Waals surface area contributed by atoms with Crippen molar-refractivity contribution >= 4 is 37.8 Å². The molecule has 10 heteroatoms. The van der Waals surface area contributed by atoms with Crippen molar-refractivity contribution < 1.29 is 22.8 Å². The van der Waals surface area contributed by atoms with E-state index in [9.17, 15) is 8.60 Å². The lowest BCUT2D eigenvalue weighted by Crippen LogP contribution is -2.26. The molecule has 3 heterocycles. The summed E-state index contributed by atoms with van der Waals surface area (Å²) < 4.78 is 47.9. The van der Waals surface area contributed by atoms with E-state index >= 15 is 0 Å². The van der Waals surface area contributed by atoms with Crippen molar-refractivity contribution in [1.82, 2.24) is 9.97 Å². The van der Waals surface area contributed by atoms with Gasteiger partial charge in [-0.3, -0.25) is 0 Å².